The van der Waals surface area contributed by atoms with Crippen LogP contribution in [0, 0.1) is 12.0 Å². The van der Waals surface area contributed by atoms with Gasteiger partial charge < -0.3 is 23.5 Å². The minimum Gasteiger partial charge on any atom is -0.457 e. The molecular weight excluding hydrogens is 381 g/mol. The number of benzene rings is 2. The largest absolute Gasteiger partial charge is 0.494 e. The van der Waals surface area contributed by atoms with E-state index < -0.39 is 7.12 Å². The van der Waals surface area contributed by atoms with Gasteiger partial charge in [-0.3, -0.25) is 0 Å². The van der Waals surface area contributed by atoms with Gasteiger partial charge in [-0.25, -0.2) is 4.85 Å². The number of hydrogen-bond donors (Lipinski definition) is 0. The summed E-state index contributed by atoms with van der Waals surface area (Å²) < 4.78 is 29.3. The highest BCUT2D eigenvalue weighted by Crippen LogP contribution is 2.26. The zero-order valence-corrected chi connectivity index (χ0v) is 18.0. The van der Waals surface area contributed by atoms with Crippen molar-refractivity contribution in [1.29, 1.82) is 0 Å². The van der Waals surface area contributed by atoms with Crippen LogP contribution < -0.4 is 10.2 Å². The molecule has 1 saturated heterocycles. The Morgan fingerprint density at radius 3 is 2.37 bits per heavy atom. The molecule has 0 radical (unpaired) electrons. The molecule has 2 aromatic rings. The van der Waals surface area contributed by atoms with Crippen LogP contribution in [0.2, 0.25) is 0 Å². The van der Waals surface area contributed by atoms with Crippen molar-refractivity contribution in [3.8, 4) is 11.5 Å². The number of hydrogen-bond acceptors (Lipinski definition) is 5. The van der Waals surface area contributed by atoms with E-state index in [1.54, 1.807) is 24.3 Å². The molecule has 1 aliphatic heterocycles. The smallest absolute Gasteiger partial charge is 0.457 e. The Balaban J connectivity index is 1.79. The lowest BCUT2D eigenvalue weighted by molar-refractivity contribution is -0.134. The van der Waals surface area contributed by atoms with E-state index in [1.165, 1.54) is 0 Å². The van der Waals surface area contributed by atoms with Gasteiger partial charge in [-0.15, -0.1) is 0 Å². The Morgan fingerprint density at radius 2 is 1.73 bits per heavy atom. The Bertz CT molecular complexity index is 868. The lowest BCUT2D eigenvalue weighted by Gasteiger charge is -2.33. The minimum atomic E-state index is -0.439. The molecule has 0 bridgehead atoms. The predicted octanol–water partition coefficient (Wildman–Crippen LogP) is 4.70. The summed E-state index contributed by atoms with van der Waals surface area (Å²) in [7, 11) is -0.439. The molecule has 0 aliphatic carbocycles. The third-order valence-electron chi connectivity index (χ3n) is 4.70. The molecule has 158 valence electrons. The molecule has 6 nitrogen and oxygen atoms in total. The highest BCUT2D eigenvalue weighted by Gasteiger charge is 2.35. The van der Waals surface area contributed by atoms with Gasteiger partial charge in [-0.05, 0) is 49.1 Å². The van der Waals surface area contributed by atoms with Crippen LogP contribution in [0.25, 0.3) is 4.85 Å². The van der Waals surface area contributed by atoms with Crippen molar-refractivity contribution >= 4 is 18.3 Å². The quantitative estimate of drug-likeness (QED) is 0.360. The number of ether oxygens (including phenoxy) is 3. The van der Waals surface area contributed by atoms with E-state index in [0.29, 0.717) is 43.6 Å². The minimum absolute atomic E-state index is 0.00279. The Hall–Kier alpha value is -2.37. The predicted molar refractivity (Wildman–Crippen MR) is 116 cm³/mol. The molecule has 0 saturated carbocycles. The second kappa shape index (κ2) is 10.1. The van der Waals surface area contributed by atoms with Crippen LogP contribution in [0.5, 0.6) is 11.5 Å². The molecule has 0 spiro atoms. The van der Waals surface area contributed by atoms with Crippen LogP contribution in [0.3, 0.4) is 0 Å². The van der Waals surface area contributed by atoms with Crippen molar-refractivity contribution in [1.82, 2.24) is 0 Å². The second-order valence-corrected chi connectivity index (χ2v) is 8.02. The van der Waals surface area contributed by atoms with Gasteiger partial charge in [0.15, 0.2) is 12.0 Å². The van der Waals surface area contributed by atoms with Crippen LogP contribution in [-0.2, 0) is 25.4 Å². The molecular formula is C23H28BNO5. The highest BCUT2D eigenvalue weighted by atomic mass is 16.7. The lowest BCUT2D eigenvalue weighted by atomic mass is 9.73. The standard InChI is InChI=1S/C23H28BNO5/c1-6-26-17(2)27-14-18-13-21(30-20-9-7-19(25-5)8-10-20)11-12-22(18)24-28-15-23(3,4)16-29-24/h7-13,17H,6,14-16H2,1-4H3. The Kier molecular flexibility index (Phi) is 7.51. The summed E-state index contributed by atoms with van der Waals surface area (Å²) in [5, 5.41) is 0. The van der Waals surface area contributed by atoms with Gasteiger partial charge in [0.05, 0.1) is 13.2 Å². The van der Waals surface area contributed by atoms with Gasteiger partial charge in [0.1, 0.15) is 11.5 Å². The lowest BCUT2D eigenvalue weighted by Crippen LogP contribution is -2.48. The fourth-order valence-electron chi connectivity index (χ4n) is 3.09. The second-order valence-electron chi connectivity index (χ2n) is 8.02. The van der Waals surface area contributed by atoms with Crippen LogP contribution in [0.1, 0.15) is 33.3 Å². The van der Waals surface area contributed by atoms with Gasteiger partial charge in [0.2, 0.25) is 0 Å². The maximum absolute atomic E-state index is 7.06. The molecule has 1 atom stereocenters. The van der Waals surface area contributed by atoms with Crippen LogP contribution in [-0.4, -0.2) is 33.2 Å². The molecule has 1 heterocycles. The Labute approximate surface area is 179 Å². The molecule has 2 aromatic carbocycles. The van der Waals surface area contributed by atoms with E-state index in [4.69, 9.17) is 30.1 Å². The zero-order chi connectivity index (χ0) is 21.6. The first-order valence-corrected chi connectivity index (χ1v) is 10.1. The van der Waals surface area contributed by atoms with Crippen LogP contribution >= 0.6 is 0 Å². The van der Waals surface area contributed by atoms with E-state index in [1.807, 2.05) is 32.0 Å². The van der Waals surface area contributed by atoms with Crippen molar-refractivity contribution in [3.05, 3.63) is 59.4 Å². The average Bonchev–Trinajstić information content (AvgIpc) is 2.73. The molecule has 30 heavy (non-hydrogen) atoms. The summed E-state index contributed by atoms with van der Waals surface area (Å²) in [4.78, 5) is 3.40. The van der Waals surface area contributed by atoms with Crippen molar-refractivity contribution in [2.24, 2.45) is 5.41 Å². The van der Waals surface area contributed by atoms with Gasteiger partial charge in [0.25, 0.3) is 0 Å². The van der Waals surface area contributed by atoms with Crippen molar-refractivity contribution in [3.63, 3.8) is 0 Å². The normalized spacial score (nSPS) is 16.7. The summed E-state index contributed by atoms with van der Waals surface area (Å²) in [6.45, 7) is 17.3. The van der Waals surface area contributed by atoms with Crippen LogP contribution in [0.4, 0.5) is 5.69 Å². The summed E-state index contributed by atoms with van der Waals surface area (Å²) in [5.74, 6) is 1.34. The summed E-state index contributed by atoms with van der Waals surface area (Å²) in [5.41, 5.74) is 2.41. The van der Waals surface area contributed by atoms with E-state index >= 15 is 0 Å². The van der Waals surface area contributed by atoms with Gasteiger partial charge in [0, 0.05) is 25.2 Å². The highest BCUT2D eigenvalue weighted by molar-refractivity contribution is 6.62. The average molecular weight is 409 g/mol. The topological polar surface area (TPSA) is 50.5 Å². The molecule has 3 rings (SSSR count). The first-order chi connectivity index (χ1) is 14.4. The zero-order valence-electron chi connectivity index (χ0n) is 18.0. The summed E-state index contributed by atoms with van der Waals surface area (Å²) in [6.07, 6.45) is -0.319. The summed E-state index contributed by atoms with van der Waals surface area (Å²) in [6, 6.07) is 12.8. The van der Waals surface area contributed by atoms with Gasteiger partial charge in [-0.1, -0.05) is 32.0 Å². The maximum atomic E-state index is 7.06. The molecule has 0 N–H and O–H groups in total. The third-order valence-corrected chi connectivity index (χ3v) is 4.70. The number of nitrogens with zero attached hydrogens (tertiary/aromatic N) is 1. The molecule has 0 aromatic heterocycles. The van der Waals surface area contributed by atoms with E-state index in [0.717, 1.165) is 11.0 Å². The molecule has 0 amide bonds. The number of rotatable bonds is 8. The van der Waals surface area contributed by atoms with E-state index in [9.17, 15) is 0 Å². The SMILES string of the molecule is [C-]#[N+]c1ccc(Oc2ccc(B3OCC(C)(C)CO3)c(COC(C)OCC)c2)cc1. The molecule has 1 unspecified atom stereocenters. The Morgan fingerprint density at radius 1 is 1.07 bits per heavy atom. The maximum Gasteiger partial charge on any atom is 0.494 e. The molecule has 1 fully saturated rings. The van der Waals surface area contributed by atoms with Crippen molar-refractivity contribution in [2.75, 3.05) is 19.8 Å². The van der Waals surface area contributed by atoms with Crippen molar-refractivity contribution in [2.45, 2.75) is 40.6 Å². The molecule has 7 heteroatoms. The van der Waals surface area contributed by atoms with Crippen molar-refractivity contribution < 1.29 is 23.5 Å². The van der Waals surface area contributed by atoms with Gasteiger partial charge in [-0.2, -0.15) is 0 Å². The van der Waals surface area contributed by atoms with Gasteiger partial charge >= 0.3 is 7.12 Å². The first kappa shape index (κ1) is 22.3. The van der Waals surface area contributed by atoms with Crippen LogP contribution in [0.15, 0.2) is 42.5 Å². The van der Waals surface area contributed by atoms with E-state index in [-0.39, 0.29) is 11.7 Å². The van der Waals surface area contributed by atoms with E-state index in [2.05, 4.69) is 18.7 Å². The monoisotopic (exact) mass is 409 g/mol. The third kappa shape index (κ3) is 6.07. The summed E-state index contributed by atoms with van der Waals surface area (Å²) >= 11 is 0. The first-order valence-electron chi connectivity index (χ1n) is 10.1. The molecule has 1 aliphatic rings. The fraction of sp³-hybridized carbons (Fsp3) is 0.435. The fourth-order valence-corrected chi connectivity index (χ4v) is 3.09.